The zero-order chi connectivity index (χ0) is 13.3. The number of aryl methyl sites for hydroxylation is 1. The van der Waals surface area contributed by atoms with Crippen LogP contribution in [-0.2, 0) is 16.3 Å². The summed E-state index contributed by atoms with van der Waals surface area (Å²) >= 11 is 0. The van der Waals surface area contributed by atoms with Crippen LogP contribution in [0.25, 0.3) is 0 Å². The minimum absolute atomic E-state index is 0.302. The Hall–Kier alpha value is -0.940. The Kier molecular flexibility index (Phi) is 3.58. The second kappa shape index (κ2) is 5.21. The van der Waals surface area contributed by atoms with E-state index in [0.29, 0.717) is 23.6 Å². The highest BCUT2D eigenvalue weighted by Gasteiger charge is 2.28. The van der Waals surface area contributed by atoms with Crippen LogP contribution in [0.2, 0.25) is 0 Å². The summed E-state index contributed by atoms with van der Waals surface area (Å²) in [6, 6.07) is 4.77. The number of hydrogen-bond acceptors (Lipinski definition) is 4. The van der Waals surface area contributed by atoms with Gasteiger partial charge in [0.05, 0.1) is 17.2 Å². The zero-order valence-corrected chi connectivity index (χ0v) is 11.8. The number of hydrogen-bond donors (Lipinski definition) is 1. The summed E-state index contributed by atoms with van der Waals surface area (Å²) in [7, 11) is -2.77. The maximum atomic E-state index is 11.4. The predicted molar refractivity (Wildman–Crippen MR) is 74.7 cm³/mol. The van der Waals surface area contributed by atoms with E-state index in [4.69, 9.17) is 0 Å². The van der Waals surface area contributed by atoms with Crippen LogP contribution < -0.4 is 5.32 Å². The van der Waals surface area contributed by atoms with Gasteiger partial charge in [-0.2, -0.15) is 0 Å². The average molecular weight is 280 g/mol. The van der Waals surface area contributed by atoms with Crippen LogP contribution in [-0.4, -0.2) is 30.9 Å². The molecule has 1 aromatic rings. The first-order valence-electron chi connectivity index (χ1n) is 7.04. The summed E-state index contributed by atoms with van der Waals surface area (Å²) in [5, 5.41) is 3.62. The Bertz CT molecular complexity index is 542. The van der Waals surface area contributed by atoms with Gasteiger partial charge in [-0.05, 0) is 43.7 Å². The van der Waals surface area contributed by atoms with Crippen molar-refractivity contribution in [1.29, 1.82) is 0 Å². The highest BCUT2D eigenvalue weighted by molar-refractivity contribution is 7.91. The maximum absolute atomic E-state index is 11.4. The Morgan fingerprint density at radius 2 is 2.00 bits per heavy atom. The molecular formula is C14H20N2O2S. The van der Waals surface area contributed by atoms with Crippen molar-refractivity contribution in [3.05, 3.63) is 29.6 Å². The molecule has 19 heavy (non-hydrogen) atoms. The molecule has 0 spiro atoms. The highest BCUT2D eigenvalue weighted by Crippen LogP contribution is 2.29. The highest BCUT2D eigenvalue weighted by atomic mass is 32.2. The minimum Gasteiger partial charge on any atom is -0.306 e. The summed E-state index contributed by atoms with van der Waals surface area (Å²) in [6.45, 7) is 0. The average Bonchev–Trinajstić information content (AvgIpc) is 2.42. The van der Waals surface area contributed by atoms with Gasteiger partial charge in [0.2, 0.25) is 0 Å². The molecule has 5 heteroatoms. The van der Waals surface area contributed by atoms with E-state index in [0.717, 1.165) is 25.7 Å². The lowest BCUT2D eigenvalue weighted by Gasteiger charge is -2.31. The molecule has 1 aliphatic carbocycles. The molecule has 1 N–H and O–H groups in total. The number of aromatic nitrogens is 1. The van der Waals surface area contributed by atoms with Gasteiger partial charge in [0.25, 0.3) is 0 Å². The van der Waals surface area contributed by atoms with Gasteiger partial charge in [-0.1, -0.05) is 6.07 Å². The van der Waals surface area contributed by atoms with Crippen LogP contribution >= 0.6 is 0 Å². The molecule has 1 unspecified atom stereocenters. The van der Waals surface area contributed by atoms with Crippen molar-refractivity contribution in [3.63, 3.8) is 0 Å². The Labute approximate surface area is 114 Å². The third-order valence-electron chi connectivity index (χ3n) is 4.19. The Morgan fingerprint density at radius 3 is 2.79 bits per heavy atom. The van der Waals surface area contributed by atoms with E-state index in [-0.39, 0.29) is 0 Å². The lowest BCUT2D eigenvalue weighted by molar-refractivity contribution is 0.367. The second-order valence-electron chi connectivity index (χ2n) is 5.59. The van der Waals surface area contributed by atoms with Crippen LogP contribution in [0, 0.1) is 0 Å². The normalized spacial score (nSPS) is 26.8. The molecule has 1 saturated heterocycles. The molecule has 3 rings (SSSR count). The lowest BCUT2D eigenvalue weighted by atomic mass is 9.91. The molecule has 0 amide bonds. The van der Waals surface area contributed by atoms with E-state index in [9.17, 15) is 8.42 Å². The summed E-state index contributed by atoms with van der Waals surface area (Å²) in [5.74, 6) is 0.652. The number of sulfone groups is 1. The number of fused-ring (bicyclic) bond motifs is 1. The minimum atomic E-state index is -2.77. The topological polar surface area (TPSA) is 59.1 Å². The van der Waals surface area contributed by atoms with Crippen LogP contribution in [0.15, 0.2) is 18.3 Å². The molecular weight excluding hydrogens is 260 g/mol. The van der Waals surface area contributed by atoms with Crippen molar-refractivity contribution in [2.45, 2.75) is 44.2 Å². The van der Waals surface area contributed by atoms with E-state index in [1.165, 1.54) is 17.7 Å². The third kappa shape index (κ3) is 2.98. The molecule has 1 atom stereocenters. The second-order valence-corrected chi connectivity index (χ2v) is 7.89. The van der Waals surface area contributed by atoms with Gasteiger partial charge >= 0.3 is 0 Å². The fraction of sp³-hybridized carbons (Fsp3) is 0.643. The van der Waals surface area contributed by atoms with Gasteiger partial charge in [0.15, 0.2) is 0 Å². The standard InChI is InChI=1S/C14H20N2O2S/c17-19(18)9-6-12(7-10-19)16-13-5-1-3-11-4-2-8-15-14(11)13/h2,4,8,12-13,16H,1,3,5-7,9-10H2. The first kappa shape index (κ1) is 13.1. The molecule has 0 bridgehead atoms. The van der Waals surface area contributed by atoms with Crippen molar-refractivity contribution in [1.82, 2.24) is 10.3 Å². The summed E-state index contributed by atoms with van der Waals surface area (Å²) in [4.78, 5) is 4.51. The molecule has 104 valence electrons. The van der Waals surface area contributed by atoms with Gasteiger partial charge in [-0.25, -0.2) is 8.42 Å². The van der Waals surface area contributed by atoms with Crippen molar-refractivity contribution in [3.8, 4) is 0 Å². The largest absolute Gasteiger partial charge is 0.306 e. The van der Waals surface area contributed by atoms with E-state index < -0.39 is 9.84 Å². The fourth-order valence-corrected chi connectivity index (χ4v) is 4.60. The molecule has 1 aliphatic heterocycles. The quantitative estimate of drug-likeness (QED) is 0.894. The van der Waals surface area contributed by atoms with E-state index in [1.54, 1.807) is 0 Å². The van der Waals surface area contributed by atoms with Gasteiger partial charge in [-0.3, -0.25) is 4.98 Å². The molecule has 0 radical (unpaired) electrons. The lowest BCUT2D eigenvalue weighted by Crippen LogP contribution is -2.40. The van der Waals surface area contributed by atoms with Crippen LogP contribution in [0.4, 0.5) is 0 Å². The molecule has 2 aliphatic rings. The fourth-order valence-electron chi connectivity index (χ4n) is 3.11. The Balaban J connectivity index is 1.68. The molecule has 0 saturated carbocycles. The molecule has 4 nitrogen and oxygen atoms in total. The smallest absolute Gasteiger partial charge is 0.150 e. The van der Waals surface area contributed by atoms with E-state index in [1.807, 2.05) is 12.3 Å². The maximum Gasteiger partial charge on any atom is 0.150 e. The SMILES string of the molecule is O=S1(=O)CCC(NC2CCCc3cccnc32)CC1. The van der Waals surface area contributed by atoms with Crippen LogP contribution in [0.5, 0.6) is 0 Å². The van der Waals surface area contributed by atoms with E-state index in [2.05, 4.69) is 16.4 Å². The monoisotopic (exact) mass is 280 g/mol. The van der Waals surface area contributed by atoms with Gasteiger partial charge in [-0.15, -0.1) is 0 Å². The number of nitrogens with one attached hydrogen (secondary N) is 1. The zero-order valence-electron chi connectivity index (χ0n) is 11.0. The van der Waals surface area contributed by atoms with Crippen molar-refractivity contribution >= 4 is 9.84 Å². The van der Waals surface area contributed by atoms with Gasteiger partial charge in [0, 0.05) is 18.3 Å². The first-order valence-corrected chi connectivity index (χ1v) is 8.86. The van der Waals surface area contributed by atoms with Crippen LogP contribution in [0.1, 0.15) is 43.0 Å². The van der Waals surface area contributed by atoms with Gasteiger partial charge < -0.3 is 5.32 Å². The summed E-state index contributed by atoms with van der Waals surface area (Å²) in [6.07, 6.45) is 6.72. The first-order chi connectivity index (χ1) is 9.14. The third-order valence-corrected chi connectivity index (χ3v) is 5.90. The van der Waals surface area contributed by atoms with Crippen molar-refractivity contribution in [2.75, 3.05) is 11.5 Å². The molecule has 1 aromatic heterocycles. The number of pyridine rings is 1. The number of rotatable bonds is 2. The summed E-state index contributed by atoms with van der Waals surface area (Å²) in [5.41, 5.74) is 2.51. The summed E-state index contributed by atoms with van der Waals surface area (Å²) < 4.78 is 22.9. The molecule has 1 fully saturated rings. The van der Waals surface area contributed by atoms with Crippen molar-refractivity contribution < 1.29 is 8.42 Å². The van der Waals surface area contributed by atoms with Crippen LogP contribution in [0.3, 0.4) is 0 Å². The number of nitrogens with zero attached hydrogens (tertiary/aromatic N) is 1. The van der Waals surface area contributed by atoms with E-state index >= 15 is 0 Å². The Morgan fingerprint density at radius 1 is 1.21 bits per heavy atom. The van der Waals surface area contributed by atoms with Crippen molar-refractivity contribution in [2.24, 2.45) is 0 Å². The predicted octanol–water partition coefficient (Wildman–Crippen LogP) is 1.63. The molecule has 2 heterocycles. The molecule has 0 aromatic carbocycles. The van der Waals surface area contributed by atoms with Gasteiger partial charge in [0.1, 0.15) is 9.84 Å².